The lowest BCUT2D eigenvalue weighted by molar-refractivity contribution is -0.410. The van der Waals surface area contributed by atoms with Crippen LogP contribution in [0.15, 0.2) is 23.4 Å². The van der Waals surface area contributed by atoms with E-state index in [0.29, 0.717) is 0 Å². The van der Waals surface area contributed by atoms with Gasteiger partial charge in [0.15, 0.2) is 5.75 Å². The summed E-state index contributed by atoms with van der Waals surface area (Å²) in [5.41, 5.74) is -0.356. The Balaban J connectivity index is 3.38. The van der Waals surface area contributed by atoms with E-state index < -0.39 is 15.0 Å². The van der Waals surface area contributed by atoms with E-state index in [1.807, 2.05) is 0 Å². The van der Waals surface area contributed by atoms with Crippen LogP contribution in [0.2, 0.25) is 0 Å². The predicted molar refractivity (Wildman–Crippen MR) is 60.5 cm³/mol. The highest BCUT2D eigenvalue weighted by atomic mass is 35.5. The maximum atomic E-state index is 10.8. The van der Waals surface area contributed by atoms with Crippen LogP contribution in [0.3, 0.4) is 0 Å². The number of rotatable bonds is 4. The molecule has 0 saturated carbocycles. The third-order valence-corrected chi connectivity index (χ3v) is 2.13. The number of para-hydroxylation sites is 1. The third-order valence-electron chi connectivity index (χ3n) is 1.88. The van der Waals surface area contributed by atoms with Gasteiger partial charge in [-0.25, -0.2) is 0 Å². The molecule has 17 heavy (non-hydrogen) atoms. The minimum atomic E-state index is -0.843. The Morgan fingerprint density at radius 1 is 1.41 bits per heavy atom. The van der Waals surface area contributed by atoms with Gasteiger partial charge in [-0.2, -0.15) is 0 Å². The van der Waals surface area contributed by atoms with Crippen LogP contribution < -0.4 is 4.74 Å². The van der Waals surface area contributed by atoms with Gasteiger partial charge >= 0.3 is 10.8 Å². The lowest BCUT2D eigenvalue weighted by Gasteiger charge is -2.03. The van der Waals surface area contributed by atoms with Crippen molar-refractivity contribution in [3.63, 3.8) is 0 Å². The van der Waals surface area contributed by atoms with E-state index in [1.165, 1.54) is 25.3 Å². The van der Waals surface area contributed by atoms with Gasteiger partial charge < -0.3 is 4.74 Å². The number of benzene rings is 1. The second-order valence-corrected chi connectivity index (χ2v) is 3.27. The molecule has 1 aromatic carbocycles. The summed E-state index contributed by atoms with van der Waals surface area (Å²) in [6, 6.07) is 4.20. The van der Waals surface area contributed by atoms with E-state index in [2.05, 4.69) is 0 Å². The van der Waals surface area contributed by atoms with Gasteiger partial charge in [0.05, 0.1) is 22.5 Å². The molecule has 0 amide bonds. The molecule has 1 rings (SSSR count). The summed E-state index contributed by atoms with van der Waals surface area (Å²) in [6.07, 6.45) is 0.905. The first-order chi connectivity index (χ1) is 7.97. The Hall–Kier alpha value is -2.15. The fourth-order valence-electron chi connectivity index (χ4n) is 1.20. The van der Waals surface area contributed by atoms with Gasteiger partial charge in [-0.3, -0.25) is 20.2 Å². The second kappa shape index (κ2) is 5.26. The fraction of sp³-hybridized carbons (Fsp3) is 0.111. The molecule has 0 atom stereocenters. The number of nitrogens with zero attached hydrogens (tertiary/aromatic N) is 2. The van der Waals surface area contributed by atoms with Crippen LogP contribution in [0.5, 0.6) is 5.75 Å². The number of hydrogen-bond acceptors (Lipinski definition) is 5. The van der Waals surface area contributed by atoms with Gasteiger partial charge in [-0.05, 0) is 23.7 Å². The third kappa shape index (κ3) is 2.91. The molecule has 0 spiro atoms. The molecule has 8 heteroatoms. The lowest BCUT2D eigenvalue weighted by atomic mass is 10.1. The van der Waals surface area contributed by atoms with Crippen molar-refractivity contribution in [2.75, 3.05) is 7.11 Å². The van der Waals surface area contributed by atoms with Crippen LogP contribution in [0, 0.1) is 20.2 Å². The zero-order valence-electron chi connectivity index (χ0n) is 8.62. The topological polar surface area (TPSA) is 95.5 Å². The zero-order chi connectivity index (χ0) is 13.0. The fourth-order valence-corrected chi connectivity index (χ4v) is 1.31. The van der Waals surface area contributed by atoms with Gasteiger partial charge in [-0.1, -0.05) is 6.07 Å². The lowest BCUT2D eigenvalue weighted by Crippen LogP contribution is -1.97. The summed E-state index contributed by atoms with van der Waals surface area (Å²) in [6.45, 7) is 0. The Kier molecular flexibility index (Phi) is 4.00. The number of nitro groups is 2. The second-order valence-electron chi connectivity index (χ2n) is 2.88. The number of hydrogen-bond donors (Lipinski definition) is 0. The molecule has 0 bridgehead atoms. The largest absolute Gasteiger partial charge is 0.490 e. The number of nitro benzene ring substituents is 1. The van der Waals surface area contributed by atoms with Crippen LogP contribution in [0.1, 0.15) is 5.56 Å². The van der Waals surface area contributed by atoms with E-state index in [-0.39, 0.29) is 17.0 Å². The summed E-state index contributed by atoms with van der Waals surface area (Å²) in [7, 11) is 1.27. The van der Waals surface area contributed by atoms with Gasteiger partial charge in [-0.15, -0.1) is 0 Å². The highest BCUT2D eigenvalue weighted by Crippen LogP contribution is 2.32. The summed E-state index contributed by atoms with van der Waals surface area (Å²) >= 11 is 5.32. The molecule has 0 fully saturated rings. The quantitative estimate of drug-likeness (QED) is 0.469. The molecule has 0 aliphatic carbocycles. The van der Waals surface area contributed by atoms with Crippen LogP contribution in [-0.4, -0.2) is 17.0 Å². The van der Waals surface area contributed by atoms with Crippen LogP contribution in [-0.2, 0) is 0 Å². The molecule has 1 aromatic rings. The molecule has 0 N–H and O–H groups in total. The van der Waals surface area contributed by atoms with Crippen molar-refractivity contribution in [3.05, 3.63) is 49.1 Å². The van der Waals surface area contributed by atoms with Crippen LogP contribution >= 0.6 is 11.6 Å². The molecule has 0 unspecified atom stereocenters. The first kappa shape index (κ1) is 12.9. The minimum Gasteiger partial charge on any atom is -0.490 e. The molecular weight excluding hydrogens is 252 g/mol. The van der Waals surface area contributed by atoms with Crippen molar-refractivity contribution in [1.82, 2.24) is 0 Å². The van der Waals surface area contributed by atoms with Crippen LogP contribution in [0.4, 0.5) is 5.69 Å². The smallest absolute Gasteiger partial charge is 0.338 e. The number of ether oxygens (including phenoxy) is 1. The SMILES string of the molecule is COc1cccc(/C=C(\Cl)[N+](=O)[O-])c1[N+](=O)[O-]. The van der Waals surface area contributed by atoms with Crippen molar-refractivity contribution in [1.29, 1.82) is 0 Å². The number of methoxy groups -OCH3 is 1. The molecule has 0 aliphatic heterocycles. The molecule has 0 aromatic heterocycles. The van der Waals surface area contributed by atoms with Crippen molar-refractivity contribution >= 4 is 23.4 Å². The Morgan fingerprint density at radius 2 is 2.06 bits per heavy atom. The molecule has 0 saturated heterocycles. The van der Waals surface area contributed by atoms with Crippen molar-refractivity contribution in [3.8, 4) is 5.75 Å². The molecule has 0 heterocycles. The van der Waals surface area contributed by atoms with Crippen LogP contribution in [0.25, 0.3) is 6.08 Å². The standard InChI is InChI=1S/C9H7ClN2O5/c1-17-7-4-2-3-6(9(7)12(15)16)5-8(10)11(13)14/h2-5H,1H3/b8-5+. The maximum absolute atomic E-state index is 10.8. The van der Waals surface area contributed by atoms with E-state index in [4.69, 9.17) is 16.3 Å². The van der Waals surface area contributed by atoms with Crippen molar-refractivity contribution < 1.29 is 14.6 Å². The summed E-state index contributed by atoms with van der Waals surface area (Å²) < 4.78 is 4.81. The van der Waals surface area contributed by atoms with E-state index in [1.54, 1.807) is 0 Å². The molecule has 90 valence electrons. The van der Waals surface area contributed by atoms with Gasteiger partial charge in [0.25, 0.3) is 0 Å². The minimum absolute atomic E-state index is 0.0102. The van der Waals surface area contributed by atoms with E-state index in [9.17, 15) is 20.2 Å². The highest BCUT2D eigenvalue weighted by molar-refractivity contribution is 6.29. The average molecular weight is 259 g/mol. The van der Waals surface area contributed by atoms with E-state index >= 15 is 0 Å². The molecule has 0 aliphatic rings. The van der Waals surface area contributed by atoms with Gasteiger partial charge in [0.2, 0.25) is 0 Å². The summed E-state index contributed by atoms with van der Waals surface area (Å²) in [5.74, 6) is 0.0107. The van der Waals surface area contributed by atoms with Crippen molar-refractivity contribution in [2.24, 2.45) is 0 Å². The first-order valence-corrected chi connectivity index (χ1v) is 4.68. The zero-order valence-corrected chi connectivity index (χ0v) is 9.38. The average Bonchev–Trinajstić information content (AvgIpc) is 2.27. The summed E-state index contributed by atoms with van der Waals surface area (Å²) in [5, 5.41) is 20.5. The maximum Gasteiger partial charge on any atom is 0.338 e. The normalized spacial score (nSPS) is 11.1. The highest BCUT2D eigenvalue weighted by Gasteiger charge is 2.21. The Bertz CT molecular complexity index is 500. The first-order valence-electron chi connectivity index (χ1n) is 4.30. The Labute approximate surface area is 101 Å². The summed E-state index contributed by atoms with van der Waals surface area (Å²) in [4.78, 5) is 19.7. The van der Waals surface area contributed by atoms with Gasteiger partial charge in [0, 0.05) is 6.08 Å². The van der Waals surface area contributed by atoms with Crippen molar-refractivity contribution in [2.45, 2.75) is 0 Å². The Morgan fingerprint density at radius 3 is 2.53 bits per heavy atom. The molecule has 0 radical (unpaired) electrons. The molecular formula is C9H7ClN2O5. The molecule has 7 nitrogen and oxygen atoms in total. The van der Waals surface area contributed by atoms with Gasteiger partial charge in [0.1, 0.15) is 0 Å². The monoisotopic (exact) mass is 258 g/mol. The predicted octanol–water partition coefficient (Wildman–Crippen LogP) is 2.42. The van der Waals surface area contributed by atoms with E-state index in [0.717, 1.165) is 6.08 Å². The number of halogens is 1.